The highest BCUT2D eigenvalue weighted by atomic mass is 32.2. The fourth-order valence-corrected chi connectivity index (χ4v) is 6.17. The summed E-state index contributed by atoms with van der Waals surface area (Å²) in [6, 6.07) is 15.3. The quantitative estimate of drug-likeness (QED) is 0.116. The topological polar surface area (TPSA) is 73.0 Å². The van der Waals surface area contributed by atoms with Gasteiger partial charge < -0.3 is 4.57 Å². The predicted octanol–water partition coefficient (Wildman–Crippen LogP) is 6.69. The molecule has 2 heterocycles. The molecule has 0 saturated carbocycles. The Bertz CT molecular complexity index is 1480. The average molecular weight is 546 g/mol. The number of hydrogen-bond acceptors (Lipinski definition) is 4. The molecule has 2 aromatic heterocycles. The third-order valence-corrected chi connectivity index (χ3v) is 8.77. The third-order valence-electron chi connectivity index (χ3n) is 6.95. The van der Waals surface area contributed by atoms with E-state index in [-0.39, 0.29) is 11.4 Å². The molecule has 0 aliphatic rings. The molecule has 39 heavy (non-hydrogen) atoms. The van der Waals surface area contributed by atoms with E-state index in [0.717, 1.165) is 61.6 Å². The Balaban J connectivity index is 1.60. The third kappa shape index (κ3) is 7.06. The molecular weight excluding hydrogens is 506 g/mol. The minimum absolute atomic E-state index is 0.248. The Hall–Kier alpha value is -3.65. The van der Waals surface area contributed by atoms with Gasteiger partial charge in [-0.15, -0.1) is 18.3 Å². The van der Waals surface area contributed by atoms with E-state index in [9.17, 15) is 8.42 Å². The van der Waals surface area contributed by atoms with E-state index in [1.165, 1.54) is 9.82 Å². The van der Waals surface area contributed by atoms with Crippen molar-refractivity contribution in [2.45, 2.75) is 69.9 Å². The van der Waals surface area contributed by atoms with Gasteiger partial charge >= 0.3 is 0 Å². The van der Waals surface area contributed by atoms with Crippen molar-refractivity contribution in [1.29, 1.82) is 0 Å². The monoisotopic (exact) mass is 545 g/mol. The number of hydrogen-bond donors (Lipinski definition) is 0. The average Bonchev–Trinajstić information content (AvgIpc) is 3.54. The van der Waals surface area contributed by atoms with Crippen molar-refractivity contribution < 1.29 is 8.42 Å². The maximum absolute atomic E-state index is 13.9. The highest BCUT2D eigenvalue weighted by Crippen LogP contribution is 2.26. The molecule has 0 spiro atoms. The van der Waals surface area contributed by atoms with E-state index in [4.69, 9.17) is 0 Å². The van der Waals surface area contributed by atoms with Crippen LogP contribution in [0.15, 0.2) is 91.1 Å². The zero-order chi connectivity index (χ0) is 27.7. The molecule has 0 radical (unpaired) electrons. The van der Waals surface area contributed by atoms with Crippen molar-refractivity contribution >= 4 is 26.7 Å². The van der Waals surface area contributed by atoms with E-state index >= 15 is 0 Å². The molecule has 0 bridgehead atoms. The van der Waals surface area contributed by atoms with Crippen LogP contribution in [0, 0.1) is 6.92 Å². The number of rotatable bonds is 16. The van der Waals surface area contributed by atoms with Gasteiger partial charge in [0.15, 0.2) is 5.82 Å². The molecular formula is C31H39N5O2S. The number of nitrogens with zero attached hydrogens (tertiary/aromatic N) is 5. The van der Waals surface area contributed by atoms with Crippen LogP contribution in [0.5, 0.6) is 0 Å². The highest BCUT2D eigenvalue weighted by Gasteiger charge is 2.27. The molecule has 206 valence electrons. The van der Waals surface area contributed by atoms with E-state index in [0.29, 0.717) is 18.8 Å². The summed E-state index contributed by atoms with van der Waals surface area (Å²) >= 11 is 0. The molecule has 7 nitrogen and oxygen atoms in total. The first-order valence-corrected chi connectivity index (χ1v) is 15.2. The maximum atomic E-state index is 13.9. The largest absolute Gasteiger partial charge is 0.347 e. The number of aryl methyl sites for hydroxylation is 3. The van der Waals surface area contributed by atoms with Gasteiger partial charge in [0.2, 0.25) is 0 Å². The summed E-state index contributed by atoms with van der Waals surface area (Å²) in [5.41, 5.74) is 3.30. The van der Waals surface area contributed by atoms with Crippen molar-refractivity contribution in [2.24, 2.45) is 0 Å². The lowest BCUT2D eigenvalue weighted by atomic mass is 10.1. The van der Waals surface area contributed by atoms with E-state index in [1.807, 2.05) is 43.3 Å². The normalized spacial score (nSPS) is 11.6. The van der Waals surface area contributed by atoms with Gasteiger partial charge in [0.25, 0.3) is 10.0 Å². The van der Waals surface area contributed by atoms with Gasteiger partial charge in [0.1, 0.15) is 0 Å². The summed E-state index contributed by atoms with van der Waals surface area (Å²) in [6.45, 7) is 11.4. The van der Waals surface area contributed by atoms with E-state index < -0.39 is 10.0 Å². The van der Waals surface area contributed by atoms with E-state index in [1.54, 1.807) is 23.0 Å². The van der Waals surface area contributed by atoms with Gasteiger partial charge in [-0.2, -0.15) is 0 Å². The lowest BCUT2D eigenvalue weighted by Gasteiger charge is -2.21. The van der Waals surface area contributed by atoms with Gasteiger partial charge in [0, 0.05) is 36.7 Å². The lowest BCUT2D eigenvalue weighted by molar-refractivity contribution is 0.543. The standard InChI is InChI=1S/C31H39N5O2S/c1-4-6-8-12-21-34-24-27(29-14-10-11-15-30(29)34)20-23-36(39(37,38)28-18-16-26(3)17-19-28)31-25-35(33-32-31)22-13-9-7-5-2/h4-5,10-11,14-19,24-25H,1-2,6-9,12-13,20-23H2,3H3. The molecule has 2 aromatic carbocycles. The van der Waals surface area contributed by atoms with Crippen molar-refractivity contribution in [3.05, 3.63) is 97.4 Å². The highest BCUT2D eigenvalue weighted by molar-refractivity contribution is 7.92. The number of benzene rings is 2. The zero-order valence-electron chi connectivity index (χ0n) is 22.9. The summed E-state index contributed by atoms with van der Waals surface area (Å²) in [5, 5.41) is 9.68. The van der Waals surface area contributed by atoms with Crippen LogP contribution >= 0.6 is 0 Å². The van der Waals surface area contributed by atoms with Crippen LogP contribution in [-0.4, -0.2) is 34.5 Å². The van der Waals surface area contributed by atoms with Crippen molar-refractivity contribution in [2.75, 3.05) is 10.8 Å². The Labute approximate surface area is 232 Å². The number of unbranched alkanes of at least 4 members (excludes halogenated alkanes) is 4. The van der Waals surface area contributed by atoms with Crippen LogP contribution < -0.4 is 4.31 Å². The summed E-state index contributed by atoms with van der Waals surface area (Å²) in [4.78, 5) is 0.248. The minimum atomic E-state index is -3.84. The van der Waals surface area contributed by atoms with Crippen LogP contribution in [0.1, 0.15) is 49.7 Å². The second kappa shape index (κ2) is 13.4. The Morgan fingerprint density at radius 2 is 1.59 bits per heavy atom. The molecule has 0 fully saturated rings. The van der Waals surface area contributed by atoms with Crippen LogP contribution in [0.3, 0.4) is 0 Å². The van der Waals surface area contributed by atoms with Crippen molar-refractivity contribution in [3.63, 3.8) is 0 Å². The van der Waals surface area contributed by atoms with Gasteiger partial charge in [0.05, 0.1) is 11.1 Å². The summed E-state index contributed by atoms with van der Waals surface area (Å²) in [5.74, 6) is 0.340. The first-order valence-electron chi connectivity index (χ1n) is 13.7. The summed E-state index contributed by atoms with van der Waals surface area (Å²) in [7, 11) is -3.84. The minimum Gasteiger partial charge on any atom is -0.347 e. The molecule has 4 rings (SSSR count). The number of allylic oxidation sites excluding steroid dienone is 2. The fraction of sp³-hybridized carbons (Fsp3) is 0.355. The van der Waals surface area contributed by atoms with E-state index in [2.05, 4.69) is 46.4 Å². The second-order valence-corrected chi connectivity index (χ2v) is 11.8. The number of para-hydroxylation sites is 1. The summed E-state index contributed by atoms with van der Waals surface area (Å²) < 4.78 is 33.2. The molecule has 4 aromatic rings. The van der Waals surface area contributed by atoms with Gasteiger partial charge in [-0.25, -0.2) is 12.7 Å². The molecule has 0 saturated heterocycles. The Morgan fingerprint density at radius 3 is 2.31 bits per heavy atom. The van der Waals surface area contributed by atoms with Gasteiger partial charge in [-0.3, -0.25) is 4.68 Å². The van der Waals surface area contributed by atoms with Crippen molar-refractivity contribution in [3.8, 4) is 0 Å². The van der Waals surface area contributed by atoms with Gasteiger partial charge in [-0.1, -0.05) is 53.3 Å². The SMILES string of the molecule is C=CCCCCn1cc(N(CCc2cn(CCCCC=C)c3ccccc23)S(=O)(=O)c2ccc(C)cc2)nn1. The molecule has 0 aliphatic carbocycles. The molecule has 0 atom stereocenters. The molecule has 0 unspecified atom stereocenters. The van der Waals surface area contributed by atoms with Crippen molar-refractivity contribution in [1.82, 2.24) is 19.6 Å². The van der Waals surface area contributed by atoms with Gasteiger partial charge in [-0.05, 0) is 75.6 Å². The fourth-order valence-electron chi connectivity index (χ4n) is 4.77. The zero-order valence-corrected chi connectivity index (χ0v) is 23.7. The molecule has 0 aliphatic heterocycles. The maximum Gasteiger partial charge on any atom is 0.265 e. The predicted molar refractivity (Wildman–Crippen MR) is 159 cm³/mol. The van der Waals surface area contributed by atoms with Crippen LogP contribution in [-0.2, 0) is 29.5 Å². The number of anilines is 1. The van der Waals surface area contributed by atoms with Crippen LogP contribution in [0.2, 0.25) is 0 Å². The molecule has 8 heteroatoms. The molecule has 0 N–H and O–H groups in total. The Kier molecular flexibility index (Phi) is 9.76. The summed E-state index contributed by atoms with van der Waals surface area (Å²) in [6.07, 6.45) is 14.4. The number of fused-ring (bicyclic) bond motifs is 1. The smallest absolute Gasteiger partial charge is 0.265 e. The lowest BCUT2D eigenvalue weighted by Crippen LogP contribution is -2.33. The molecule has 0 amide bonds. The Morgan fingerprint density at radius 1 is 0.897 bits per heavy atom. The first kappa shape index (κ1) is 28.4. The number of sulfonamides is 1. The first-order chi connectivity index (χ1) is 18.9. The second-order valence-electron chi connectivity index (χ2n) is 9.91. The number of aromatic nitrogens is 4. The van der Waals surface area contributed by atoms with Crippen LogP contribution in [0.25, 0.3) is 10.9 Å². The van der Waals surface area contributed by atoms with Crippen LogP contribution in [0.4, 0.5) is 5.82 Å².